The molecule has 17 heavy (non-hydrogen) atoms. The number of nitrogens with zero attached hydrogens (tertiary/aromatic N) is 1. The van der Waals surface area contributed by atoms with Crippen LogP contribution in [0.4, 0.5) is 0 Å². The molecule has 0 amide bonds. The van der Waals surface area contributed by atoms with Crippen LogP contribution < -0.4 is 0 Å². The van der Waals surface area contributed by atoms with Gasteiger partial charge in [0.1, 0.15) is 0 Å². The molecule has 0 aliphatic heterocycles. The van der Waals surface area contributed by atoms with Gasteiger partial charge in [0.15, 0.2) is 0 Å². The van der Waals surface area contributed by atoms with E-state index in [0.29, 0.717) is 5.02 Å². The van der Waals surface area contributed by atoms with E-state index < -0.39 is 0 Å². The number of rotatable bonds is 4. The first-order valence-electron chi connectivity index (χ1n) is 6.02. The van der Waals surface area contributed by atoms with Crippen molar-refractivity contribution in [2.45, 2.75) is 33.2 Å². The first kappa shape index (κ1) is 12.8. The zero-order valence-electron chi connectivity index (χ0n) is 10.2. The Bertz CT molecular complexity index is 514. The van der Waals surface area contributed by atoms with Gasteiger partial charge in [0, 0.05) is 23.2 Å². The van der Waals surface area contributed by atoms with E-state index in [9.17, 15) is 0 Å². The normalized spacial score (nSPS) is 11.6. The Morgan fingerprint density at radius 2 is 2.00 bits per heavy atom. The predicted molar refractivity (Wildman–Crippen MR) is 76.0 cm³/mol. The highest BCUT2D eigenvalue weighted by atomic mass is 35.5. The van der Waals surface area contributed by atoms with Crippen LogP contribution in [0, 0.1) is 5.92 Å². The molecule has 0 fully saturated rings. The summed E-state index contributed by atoms with van der Waals surface area (Å²) in [6, 6.07) is 5.84. The molecule has 0 saturated heterocycles. The van der Waals surface area contributed by atoms with Crippen molar-refractivity contribution in [2.75, 3.05) is 0 Å². The molecule has 0 atom stereocenters. The van der Waals surface area contributed by atoms with Crippen LogP contribution in [-0.2, 0) is 6.54 Å². The number of aromatic nitrogens is 1. The lowest BCUT2D eigenvalue weighted by molar-refractivity contribution is 0.518. The van der Waals surface area contributed by atoms with Crippen molar-refractivity contribution in [2.24, 2.45) is 5.92 Å². The van der Waals surface area contributed by atoms with E-state index in [1.54, 1.807) is 6.07 Å². The molecule has 3 heteroatoms. The van der Waals surface area contributed by atoms with Crippen LogP contribution in [0.2, 0.25) is 10.0 Å². The van der Waals surface area contributed by atoms with Gasteiger partial charge < -0.3 is 4.57 Å². The molecular formula is C14H17Cl2N. The molecule has 1 aromatic heterocycles. The molecule has 0 bridgehead atoms. The molecule has 0 unspecified atom stereocenters. The molecular weight excluding hydrogens is 253 g/mol. The zero-order chi connectivity index (χ0) is 12.4. The average molecular weight is 270 g/mol. The van der Waals surface area contributed by atoms with Crippen LogP contribution in [0.5, 0.6) is 0 Å². The zero-order valence-corrected chi connectivity index (χ0v) is 11.7. The Morgan fingerprint density at radius 3 is 2.71 bits per heavy atom. The smallest absolute Gasteiger partial charge is 0.0514 e. The average Bonchev–Trinajstić information content (AvgIpc) is 2.61. The van der Waals surface area contributed by atoms with Crippen molar-refractivity contribution in [1.82, 2.24) is 4.57 Å². The molecule has 2 rings (SSSR count). The van der Waals surface area contributed by atoms with Crippen LogP contribution in [0.3, 0.4) is 0 Å². The van der Waals surface area contributed by atoms with Gasteiger partial charge in [0.05, 0.1) is 10.5 Å². The summed E-state index contributed by atoms with van der Waals surface area (Å²) in [5.41, 5.74) is 1.13. The number of halogens is 2. The molecule has 1 aromatic carbocycles. The number of fused-ring (bicyclic) bond motifs is 1. The summed E-state index contributed by atoms with van der Waals surface area (Å²) in [5.74, 6) is 0.754. The van der Waals surface area contributed by atoms with E-state index in [1.165, 1.54) is 12.8 Å². The monoisotopic (exact) mass is 269 g/mol. The van der Waals surface area contributed by atoms with Crippen LogP contribution in [0.15, 0.2) is 24.4 Å². The summed E-state index contributed by atoms with van der Waals surface area (Å²) in [5, 5.41) is 2.52. The fourth-order valence-electron chi connectivity index (χ4n) is 2.08. The van der Waals surface area contributed by atoms with E-state index in [2.05, 4.69) is 30.7 Å². The molecule has 0 N–H and O–H groups in total. The fraction of sp³-hybridized carbons (Fsp3) is 0.429. The second-order valence-corrected chi connectivity index (χ2v) is 5.71. The van der Waals surface area contributed by atoms with E-state index in [0.717, 1.165) is 28.4 Å². The summed E-state index contributed by atoms with van der Waals surface area (Å²) < 4.78 is 2.23. The Morgan fingerprint density at radius 1 is 1.24 bits per heavy atom. The summed E-state index contributed by atoms with van der Waals surface area (Å²) in [7, 11) is 0. The van der Waals surface area contributed by atoms with Crippen molar-refractivity contribution in [3.63, 3.8) is 0 Å². The van der Waals surface area contributed by atoms with E-state index in [1.807, 2.05) is 6.07 Å². The van der Waals surface area contributed by atoms with Crippen LogP contribution in [0.1, 0.15) is 26.7 Å². The minimum atomic E-state index is 0.700. The molecule has 2 aromatic rings. The third kappa shape index (κ3) is 2.97. The van der Waals surface area contributed by atoms with Crippen molar-refractivity contribution < 1.29 is 0 Å². The molecule has 0 saturated carbocycles. The first-order chi connectivity index (χ1) is 8.08. The maximum Gasteiger partial charge on any atom is 0.0514 e. The Hall–Kier alpha value is -0.660. The maximum atomic E-state index is 6.16. The summed E-state index contributed by atoms with van der Waals surface area (Å²) >= 11 is 12.2. The van der Waals surface area contributed by atoms with E-state index in [4.69, 9.17) is 23.2 Å². The minimum absolute atomic E-state index is 0.700. The van der Waals surface area contributed by atoms with Gasteiger partial charge in [-0.1, -0.05) is 37.0 Å². The van der Waals surface area contributed by atoms with Crippen LogP contribution >= 0.6 is 23.2 Å². The van der Waals surface area contributed by atoms with Crippen molar-refractivity contribution in [3.8, 4) is 0 Å². The number of hydrogen-bond acceptors (Lipinski definition) is 0. The lowest BCUT2D eigenvalue weighted by Crippen LogP contribution is -1.98. The second kappa shape index (κ2) is 5.32. The second-order valence-electron chi connectivity index (χ2n) is 4.87. The van der Waals surface area contributed by atoms with Gasteiger partial charge in [-0.05, 0) is 37.0 Å². The molecule has 0 aliphatic rings. The molecule has 92 valence electrons. The third-order valence-corrected chi connectivity index (χ3v) is 3.51. The molecule has 1 nitrogen and oxygen atoms in total. The molecule has 0 radical (unpaired) electrons. The number of aryl methyl sites for hydroxylation is 1. The lowest BCUT2D eigenvalue weighted by Gasteiger charge is -2.08. The Kier molecular flexibility index (Phi) is 4.01. The van der Waals surface area contributed by atoms with Gasteiger partial charge in [0.25, 0.3) is 0 Å². The predicted octanol–water partition coefficient (Wildman–Crippen LogP) is 5.38. The van der Waals surface area contributed by atoms with Gasteiger partial charge in [0.2, 0.25) is 0 Å². The summed E-state index contributed by atoms with van der Waals surface area (Å²) in [4.78, 5) is 0. The number of hydrogen-bond donors (Lipinski definition) is 0. The van der Waals surface area contributed by atoms with Gasteiger partial charge in [-0.15, -0.1) is 0 Å². The van der Waals surface area contributed by atoms with Gasteiger partial charge in [-0.25, -0.2) is 0 Å². The minimum Gasteiger partial charge on any atom is -0.347 e. The standard InChI is InChI=1S/C14H17Cl2N/c1-10(2)4-3-6-17-7-5-12-13(16)8-11(15)9-14(12)17/h5,7-10H,3-4,6H2,1-2H3. The SMILES string of the molecule is CC(C)CCCn1ccc2c(Cl)cc(Cl)cc21. The van der Waals surface area contributed by atoms with Crippen LogP contribution in [-0.4, -0.2) is 4.57 Å². The van der Waals surface area contributed by atoms with Crippen molar-refractivity contribution >= 4 is 34.1 Å². The van der Waals surface area contributed by atoms with Gasteiger partial charge in [-0.2, -0.15) is 0 Å². The molecule has 0 spiro atoms. The maximum absolute atomic E-state index is 6.16. The fourth-order valence-corrected chi connectivity index (χ4v) is 2.63. The van der Waals surface area contributed by atoms with Crippen molar-refractivity contribution in [3.05, 3.63) is 34.4 Å². The van der Waals surface area contributed by atoms with Gasteiger partial charge >= 0.3 is 0 Å². The highest BCUT2D eigenvalue weighted by Gasteiger charge is 2.06. The quantitative estimate of drug-likeness (QED) is 0.702. The van der Waals surface area contributed by atoms with Crippen molar-refractivity contribution in [1.29, 1.82) is 0 Å². The molecule has 0 aliphatic carbocycles. The lowest BCUT2D eigenvalue weighted by atomic mass is 10.1. The number of benzene rings is 1. The summed E-state index contributed by atoms with van der Waals surface area (Å²) in [6.45, 7) is 5.53. The van der Waals surface area contributed by atoms with Gasteiger partial charge in [-0.3, -0.25) is 0 Å². The highest BCUT2D eigenvalue weighted by molar-refractivity contribution is 6.38. The Labute approximate surface area is 112 Å². The Balaban J connectivity index is 2.23. The van der Waals surface area contributed by atoms with E-state index in [-0.39, 0.29) is 0 Å². The van der Waals surface area contributed by atoms with Crippen LogP contribution in [0.25, 0.3) is 10.9 Å². The third-order valence-electron chi connectivity index (χ3n) is 2.98. The first-order valence-corrected chi connectivity index (χ1v) is 6.77. The highest BCUT2D eigenvalue weighted by Crippen LogP contribution is 2.29. The molecule has 1 heterocycles. The summed E-state index contributed by atoms with van der Waals surface area (Å²) in [6.07, 6.45) is 4.52. The topological polar surface area (TPSA) is 4.93 Å². The van der Waals surface area contributed by atoms with E-state index >= 15 is 0 Å². The largest absolute Gasteiger partial charge is 0.347 e.